The highest BCUT2D eigenvalue weighted by Crippen LogP contribution is 2.34. The van der Waals surface area contributed by atoms with Crippen LogP contribution in [0.3, 0.4) is 0 Å². The second kappa shape index (κ2) is 7.09. The van der Waals surface area contributed by atoms with Gasteiger partial charge in [-0.15, -0.1) is 0 Å². The Morgan fingerprint density at radius 1 is 1.37 bits per heavy atom. The zero-order chi connectivity index (χ0) is 19.0. The Bertz CT molecular complexity index is 959. The van der Waals surface area contributed by atoms with E-state index in [2.05, 4.69) is 19.9 Å². The molecule has 0 saturated carbocycles. The first kappa shape index (κ1) is 17.6. The number of imidazole rings is 2. The van der Waals surface area contributed by atoms with Gasteiger partial charge in [0.15, 0.2) is 0 Å². The van der Waals surface area contributed by atoms with Crippen molar-refractivity contribution in [3.8, 4) is 0 Å². The van der Waals surface area contributed by atoms with E-state index in [1.807, 2.05) is 37.5 Å². The number of benzene rings is 1. The Balaban J connectivity index is 1.79. The number of para-hydroxylation sites is 2. The van der Waals surface area contributed by atoms with E-state index < -0.39 is 4.92 Å². The largest absolute Gasteiger partial charge is 0.378 e. The fourth-order valence-corrected chi connectivity index (χ4v) is 3.96. The van der Waals surface area contributed by atoms with E-state index in [9.17, 15) is 10.1 Å². The molecule has 1 fully saturated rings. The van der Waals surface area contributed by atoms with Gasteiger partial charge in [-0.2, -0.15) is 0 Å². The lowest BCUT2D eigenvalue weighted by molar-refractivity contribution is -0.391. The predicted octanol–water partition coefficient (Wildman–Crippen LogP) is 2.01. The first-order valence-electron chi connectivity index (χ1n) is 8.96. The summed E-state index contributed by atoms with van der Waals surface area (Å²) >= 11 is 0. The molecule has 9 nitrogen and oxygen atoms in total. The van der Waals surface area contributed by atoms with Gasteiger partial charge in [0, 0.05) is 6.54 Å². The first-order valence-corrected chi connectivity index (χ1v) is 8.96. The van der Waals surface area contributed by atoms with Crippen LogP contribution < -0.4 is 5.32 Å². The summed E-state index contributed by atoms with van der Waals surface area (Å²) in [4.78, 5) is 19.7. The lowest BCUT2D eigenvalue weighted by atomic mass is 9.93. The van der Waals surface area contributed by atoms with Crippen molar-refractivity contribution in [3.63, 3.8) is 0 Å². The molecular formula is C18H22N6O3. The summed E-state index contributed by atoms with van der Waals surface area (Å²) in [6.07, 6.45) is 3.15. The minimum absolute atomic E-state index is 0.0149. The van der Waals surface area contributed by atoms with Crippen molar-refractivity contribution >= 4 is 16.9 Å². The quantitative estimate of drug-likeness (QED) is 0.545. The van der Waals surface area contributed by atoms with Crippen LogP contribution in [0.25, 0.3) is 11.0 Å². The van der Waals surface area contributed by atoms with E-state index in [0.29, 0.717) is 19.0 Å². The molecule has 2 aromatic heterocycles. The number of nitrogens with one attached hydrogen (secondary N) is 1. The van der Waals surface area contributed by atoms with Crippen LogP contribution in [0.5, 0.6) is 0 Å². The highest BCUT2D eigenvalue weighted by molar-refractivity contribution is 5.75. The predicted molar refractivity (Wildman–Crippen MR) is 99.7 cm³/mol. The number of rotatable bonds is 5. The van der Waals surface area contributed by atoms with Crippen LogP contribution in [0.4, 0.5) is 5.82 Å². The van der Waals surface area contributed by atoms with Crippen LogP contribution >= 0.6 is 0 Å². The van der Waals surface area contributed by atoms with E-state index in [1.165, 1.54) is 6.20 Å². The molecule has 3 heterocycles. The van der Waals surface area contributed by atoms with Crippen molar-refractivity contribution in [2.45, 2.75) is 24.9 Å². The third-order valence-electron chi connectivity index (χ3n) is 5.27. The number of aromatic nitrogens is 4. The van der Waals surface area contributed by atoms with Gasteiger partial charge in [0.25, 0.3) is 0 Å². The van der Waals surface area contributed by atoms with Crippen LogP contribution in [-0.4, -0.2) is 49.8 Å². The van der Waals surface area contributed by atoms with E-state index in [4.69, 9.17) is 4.74 Å². The number of hydrogen-bond donors (Lipinski definition) is 1. The molecule has 142 valence electrons. The van der Waals surface area contributed by atoms with Crippen LogP contribution in [0, 0.1) is 10.1 Å². The summed E-state index contributed by atoms with van der Waals surface area (Å²) in [6.45, 7) is 4.05. The number of ether oxygens (including phenoxy) is 1. The van der Waals surface area contributed by atoms with Crippen molar-refractivity contribution in [2.75, 3.05) is 19.8 Å². The van der Waals surface area contributed by atoms with E-state index in [0.717, 1.165) is 17.6 Å². The zero-order valence-corrected chi connectivity index (χ0v) is 15.3. The van der Waals surface area contributed by atoms with Crippen LogP contribution in [0.1, 0.15) is 24.7 Å². The smallest absolute Gasteiger partial charge is 0.342 e. The maximum absolute atomic E-state index is 11.2. The topological polar surface area (TPSA) is 100 Å². The molecule has 3 aromatic rings. The molecule has 9 heteroatoms. The number of hydrogen-bond acceptors (Lipinski definition) is 6. The second-order valence-corrected chi connectivity index (χ2v) is 6.85. The van der Waals surface area contributed by atoms with Gasteiger partial charge in [-0.3, -0.25) is 0 Å². The van der Waals surface area contributed by atoms with Gasteiger partial charge >= 0.3 is 5.82 Å². The first-order chi connectivity index (χ1) is 13.1. The Labute approximate surface area is 156 Å². The SMILES string of the molecule is CC(c1ncc([N+](=O)[O-])n1C)C(C1COCCN1)n1cnc2ccccc21. The minimum Gasteiger partial charge on any atom is -0.378 e. The molecular weight excluding hydrogens is 348 g/mol. The zero-order valence-electron chi connectivity index (χ0n) is 15.3. The fourth-order valence-electron chi connectivity index (χ4n) is 3.96. The van der Waals surface area contributed by atoms with Crippen LogP contribution in [-0.2, 0) is 11.8 Å². The van der Waals surface area contributed by atoms with E-state index >= 15 is 0 Å². The summed E-state index contributed by atoms with van der Waals surface area (Å²) in [5.74, 6) is 0.552. The lowest BCUT2D eigenvalue weighted by Gasteiger charge is -2.35. The van der Waals surface area contributed by atoms with E-state index in [1.54, 1.807) is 11.6 Å². The molecule has 1 aromatic carbocycles. The Morgan fingerprint density at radius 2 is 2.19 bits per heavy atom. The van der Waals surface area contributed by atoms with Crippen molar-refractivity contribution in [3.05, 3.63) is 52.7 Å². The molecule has 27 heavy (non-hydrogen) atoms. The van der Waals surface area contributed by atoms with Crippen LogP contribution in [0.15, 0.2) is 36.8 Å². The monoisotopic (exact) mass is 370 g/mol. The van der Waals surface area contributed by atoms with Crippen molar-refractivity contribution in [2.24, 2.45) is 7.05 Å². The summed E-state index contributed by atoms with van der Waals surface area (Å²) in [6, 6.07) is 7.94. The standard InChI is InChI=1S/C18H22N6O3/c1-12(18-20-9-16(22(18)2)24(25)26)17(14-10-27-8-7-19-14)23-11-21-13-5-3-4-6-15(13)23/h3-6,9,11-12,14,17,19H,7-8,10H2,1-2H3. The Kier molecular flexibility index (Phi) is 4.63. The van der Waals surface area contributed by atoms with Gasteiger partial charge in [-0.1, -0.05) is 19.1 Å². The molecule has 3 unspecified atom stereocenters. The number of morpholine rings is 1. The van der Waals surface area contributed by atoms with Crippen molar-refractivity contribution in [1.29, 1.82) is 0 Å². The second-order valence-electron chi connectivity index (χ2n) is 6.85. The van der Waals surface area contributed by atoms with Gasteiger partial charge in [-0.05, 0) is 17.1 Å². The summed E-state index contributed by atoms with van der Waals surface area (Å²) in [7, 11) is 1.69. The Morgan fingerprint density at radius 3 is 2.89 bits per heavy atom. The van der Waals surface area contributed by atoms with Crippen molar-refractivity contribution < 1.29 is 9.66 Å². The number of fused-ring (bicyclic) bond motifs is 1. The normalized spacial score (nSPS) is 19.9. The van der Waals surface area contributed by atoms with E-state index in [-0.39, 0.29) is 23.8 Å². The lowest BCUT2D eigenvalue weighted by Crippen LogP contribution is -2.48. The Hall–Kier alpha value is -2.78. The maximum Gasteiger partial charge on any atom is 0.342 e. The third kappa shape index (κ3) is 3.08. The maximum atomic E-state index is 11.2. The molecule has 0 radical (unpaired) electrons. The van der Waals surface area contributed by atoms with Crippen LogP contribution in [0.2, 0.25) is 0 Å². The minimum atomic E-state index is -0.410. The molecule has 1 saturated heterocycles. The number of nitro groups is 1. The summed E-state index contributed by atoms with van der Waals surface area (Å²) in [5, 5.41) is 14.8. The summed E-state index contributed by atoms with van der Waals surface area (Å²) < 4.78 is 9.39. The molecule has 1 aliphatic heterocycles. The molecule has 0 spiro atoms. The molecule has 0 aliphatic carbocycles. The van der Waals surface area contributed by atoms with Gasteiger partial charge in [0.05, 0.1) is 55.6 Å². The molecule has 0 amide bonds. The van der Waals surface area contributed by atoms with Gasteiger partial charge in [0.2, 0.25) is 5.82 Å². The van der Waals surface area contributed by atoms with Gasteiger partial charge in [0.1, 0.15) is 6.20 Å². The molecule has 4 rings (SSSR count). The molecule has 1 N–H and O–H groups in total. The van der Waals surface area contributed by atoms with Crippen molar-refractivity contribution in [1.82, 2.24) is 24.4 Å². The number of nitrogens with zero attached hydrogens (tertiary/aromatic N) is 5. The summed E-state index contributed by atoms with van der Waals surface area (Å²) in [5.41, 5.74) is 1.93. The average Bonchev–Trinajstić information content (AvgIpc) is 3.27. The van der Waals surface area contributed by atoms with Gasteiger partial charge in [-0.25, -0.2) is 14.5 Å². The molecule has 3 atom stereocenters. The molecule has 0 bridgehead atoms. The third-order valence-corrected chi connectivity index (χ3v) is 5.27. The van der Waals surface area contributed by atoms with Gasteiger partial charge < -0.3 is 24.7 Å². The average molecular weight is 370 g/mol. The molecule has 1 aliphatic rings. The highest BCUT2D eigenvalue weighted by Gasteiger charge is 2.36. The fraction of sp³-hybridized carbons (Fsp3) is 0.444. The highest BCUT2D eigenvalue weighted by atomic mass is 16.6.